The zero-order valence-corrected chi connectivity index (χ0v) is 11.3. The minimum absolute atomic E-state index is 0.0512. The number of carboxylic acids is 1. The van der Waals surface area contributed by atoms with E-state index in [4.69, 9.17) is 5.11 Å². The largest absolute Gasteiger partial charge is 0.481 e. The van der Waals surface area contributed by atoms with Gasteiger partial charge in [-0.2, -0.15) is 0 Å². The second-order valence-electron chi connectivity index (χ2n) is 4.62. The third kappa shape index (κ3) is 2.30. The van der Waals surface area contributed by atoms with Gasteiger partial charge in [0.2, 0.25) is 5.91 Å². The summed E-state index contributed by atoms with van der Waals surface area (Å²) >= 11 is 1.36. The summed E-state index contributed by atoms with van der Waals surface area (Å²) in [4.78, 5) is 28.7. The number of aliphatic carboxylic acids is 1. The molecule has 0 aliphatic carbocycles. The first-order chi connectivity index (χ1) is 9.65. The Morgan fingerprint density at radius 3 is 2.75 bits per heavy atom. The summed E-state index contributed by atoms with van der Waals surface area (Å²) in [7, 11) is 0. The summed E-state index contributed by atoms with van der Waals surface area (Å²) in [6.07, 6.45) is 0.0512. The number of hydrogen-bond donors (Lipinski definition) is 1. The normalized spacial score (nSPS) is 18.5. The van der Waals surface area contributed by atoms with Gasteiger partial charge in [0.15, 0.2) is 5.13 Å². The summed E-state index contributed by atoms with van der Waals surface area (Å²) in [5.41, 5.74) is 1.79. The Bertz CT molecular complexity index is 653. The van der Waals surface area contributed by atoms with Gasteiger partial charge in [0.05, 0.1) is 11.6 Å². The van der Waals surface area contributed by atoms with Crippen molar-refractivity contribution in [3.63, 3.8) is 0 Å². The third-order valence-corrected chi connectivity index (χ3v) is 4.13. The lowest BCUT2D eigenvalue weighted by molar-refractivity contribution is -0.141. The maximum atomic E-state index is 11.9. The van der Waals surface area contributed by atoms with Gasteiger partial charge >= 0.3 is 5.97 Å². The zero-order chi connectivity index (χ0) is 14.1. The van der Waals surface area contributed by atoms with E-state index in [0.717, 1.165) is 11.3 Å². The molecule has 2 heterocycles. The standard InChI is InChI=1S/C14H12N2O3S/c17-12-6-10(13(18)19)7-16(12)14-15-11(8-20-14)9-4-2-1-3-5-9/h1-5,8,10H,6-7H2,(H,18,19). The quantitative estimate of drug-likeness (QED) is 0.940. The van der Waals surface area contributed by atoms with E-state index in [9.17, 15) is 9.59 Å². The Hall–Kier alpha value is -2.21. The van der Waals surface area contributed by atoms with Crippen LogP contribution in [0.25, 0.3) is 11.3 Å². The number of carbonyl (C=O) groups is 2. The van der Waals surface area contributed by atoms with Crippen LogP contribution in [0, 0.1) is 5.92 Å². The topological polar surface area (TPSA) is 70.5 Å². The molecule has 3 rings (SSSR count). The fraction of sp³-hybridized carbons (Fsp3) is 0.214. The molecule has 1 saturated heterocycles. The summed E-state index contributed by atoms with van der Waals surface area (Å²) < 4.78 is 0. The highest BCUT2D eigenvalue weighted by Crippen LogP contribution is 2.31. The molecule has 1 amide bonds. The van der Waals surface area contributed by atoms with E-state index in [-0.39, 0.29) is 18.9 Å². The monoisotopic (exact) mass is 288 g/mol. The number of carboxylic acid groups (broad SMARTS) is 1. The Morgan fingerprint density at radius 2 is 2.10 bits per heavy atom. The lowest BCUT2D eigenvalue weighted by atomic mass is 10.1. The second kappa shape index (κ2) is 5.05. The molecule has 0 radical (unpaired) electrons. The van der Waals surface area contributed by atoms with Crippen molar-refractivity contribution in [3.05, 3.63) is 35.7 Å². The van der Waals surface area contributed by atoms with E-state index in [0.29, 0.717) is 5.13 Å². The van der Waals surface area contributed by atoms with Gasteiger partial charge < -0.3 is 5.11 Å². The molecule has 1 atom stereocenters. The van der Waals surface area contributed by atoms with Crippen LogP contribution in [0.15, 0.2) is 35.7 Å². The third-order valence-electron chi connectivity index (χ3n) is 3.27. The summed E-state index contributed by atoms with van der Waals surface area (Å²) in [5.74, 6) is -1.74. The first-order valence-electron chi connectivity index (χ1n) is 6.19. The van der Waals surface area contributed by atoms with Crippen LogP contribution in [0.4, 0.5) is 5.13 Å². The number of amides is 1. The number of thiazole rings is 1. The molecule has 1 N–H and O–H groups in total. The predicted molar refractivity (Wildman–Crippen MR) is 75.6 cm³/mol. The van der Waals surface area contributed by atoms with Gasteiger partial charge in [-0.15, -0.1) is 11.3 Å². The SMILES string of the molecule is O=C(O)C1CC(=O)N(c2nc(-c3ccccc3)cs2)C1. The van der Waals surface area contributed by atoms with Gasteiger partial charge in [-0.25, -0.2) is 4.98 Å². The van der Waals surface area contributed by atoms with E-state index >= 15 is 0 Å². The molecular weight excluding hydrogens is 276 g/mol. The number of nitrogens with zero attached hydrogens (tertiary/aromatic N) is 2. The lowest BCUT2D eigenvalue weighted by Crippen LogP contribution is -2.25. The van der Waals surface area contributed by atoms with E-state index in [1.165, 1.54) is 16.2 Å². The fourth-order valence-corrected chi connectivity index (χ4v) is 3.05. The fourth-order valence-electron chi connectivity index (χ4n) is 2.19. The highest BCUT2D eigenvalue weighted by Gasteiger charge is 2.36. The van der Waals surface area contributed by atoms with E-state index in [1.54, 1.807) is 0 Å². The van der Waals surface area contributed by atoms with E-state index in [1.807, 2.05) is 35.7 Å². The number of carbonyl (C=O) groups excluding carboxylic acids is 1. The number of hydrogen-bond acceptors (Lipinski definition) is 4. The molecule has 6 heteroatoms. The van der Waals surface area contributed by atoms with Crippen LogP contribution in [-0.2, 0) is 9.59 Å². The minimum atomic E-state index is -0.930. The van der Waals surface area contributed by atoms with Gasteiger partial charge in [0, 0.05) is 23.9 Å². The van der Waals surface area contributed by atoms with Crippen molar-refractivity contribution in [2.75, 3.05) is 11.4 Å². The molecule has 20 heavy (non-hydrogen) atoms. The maximum absolute atomic E-state index is 11.9. The van der Waals surface area contributed by atoms with Gasteiger partial charge in [-0.3, -0.25) is 14.5 Å². The first kappa shape index (κ1) is 12.8. The van der Waals surface area contributed by atoms with Crippen LogP contribution < -0.4 is 4.90 Å². The Labute approximate surface area is 119 Å². The van der Waals surface area contributed by atoms with Crippen LogP contribution in [0.2, 0.25) is 0 Å². The van der Waals surface area contributed by atoms with E-state index in [2.05, 4.69) is 4.98 Å². The summed E-state index contributed by atoms with van der Waals surface area (Å²) in [6, 6.07) is 9.68. The van der Waals surface area contributed by atoms with E-state index < -0.39 is 11.9 Å². The molecule has 1 unspecified atom stereocenters. The molecule has 1 aromatic carbocycles. The van der Waals surface area contributed by atoms with Crippen LogP contribution in [-0.4, -0.2) is 28.5 Å². The highest BCUT2D eigenvalue weighted by atomic mass is 32.1. The van der Waals surface area contributed by atoms with Gasteiger partial charge in [0.25, 0.3) is 0 Å². The molecule has 0 bridgehead atoms. The number of rotatable bonds is 3. The van der Waals surface area contributed by atoms with Gasteiger partial charge in [-0.05, 0) is 0 Å². The highest BCUT2D eigenvalue weighted by molar-refractivity contribution is 7.14. The summed E-state index contributed by atoms with van der Waals surface area (Å²) in [6.45, 7) is 0.204. The molecule has 2 aromatic rings. The average molecular weight is 288 g/mol. The summed E-state index contributed by atoms with van der Waals surface area (Å²) in [5, 5.41) is 11.4. The molecule has 0 spiro atoms. The second-order valence-corrected chi connectivity index (χ2v) is 5.46. The molecule has 5 nitrogen and oxygen atoms in total. The van der Waals surface area contributed by atoms with Crippen molar-refractivity contribution in [2.45, 2.75) is 6.42 Å². The average Bonchev–Trinajstić information content (AvgIpc) is 3.06. The van der Waals surface area contributed by atoms with Crippen LogP contribution in [0.3, 0.4) is 0 Å². The number of anilines is 1. The van der Waals surface area contributed by atoms with Gasteiger partial charge in [-0.1, -0.05) is 30.3 Å². The Kier molecular flexibility index (Phi) is 3.23. The molecule has 1 aliphatic heterocycles. The van der Waals surface area contributed by atoms with Crippen molar-refractivity contribution < 1.29 is 14.7 Å². The Balaban J connectivity index is 1.84. The first-order valence-corrected chi connectivity index (χ1v) is 7.07. The number of benzene rings is 1. The van der Waals surface area contributed by atoms with Crippen LogP contribution in [0.1, 0.15) is 6.42 Å². The zero-order valence-electron chi connectivity index (χ0n) is 10.5. The molecule has 1 aliphatic rings. The molecular formula is C14H12N2O3S. The van der Waals surface area contributed by atoms with Crippen LogP contribution >= 0.6 is 11.3 Å². The molecule has 1 fully saturated rings. The van der Waals surface area contributed by atoms with Gasteiger partial charge in [0.1, 0.15) is 0 Å². The molecule has 1 aromatic heterocycles. The van der Waals surface area contributed by atoms with Crippen molar-refractivity contribution in [1.82, 2.24) is 4.98 Å². The molecule has 0 saturated carbocycles. The maximum Gasteiger partial charge on any atom is 0.308 e. The Morgan fingerprint density at radius 1 is 1.35 bits per heavy atom. The lowest BCUT2D eigenvalue weighted by Gasteiger charge is -2.11. The van der Waals surface area contributed by atoms with Crippen molar-refractivity contribution in [3.8, 4) is 11.3 Å². The molecule has 102 valence electrons. The number of aromatic nitrogens is 1. The van der Waals surface area contributed by atoms with Crippen molar-refractivity contribution in [1.29, 1.82) is 0 Å². The van der Waals surface area contributed by atoms with Crippen LogP contribution in [0.5, 0.6) is 0 Å². The minimum Gasteiger partial charge on any atom is -0.481 e. The van der Waals surface area contributed by atoms with Crippen molar-refractivity contribution in [2.24, 2.45) is 5.92 Å². The predicted octanol–water partition coefficient (Wildman–Crippen LogP) is 2.25. The smallest absolute Gasteiger partial charge is 0.308 e. The van der Waals surface area contributed by atoms with Crippen molar-refractivity contribution >= 4 is 28.3 Å².